The van der Waals surface area contributed by atoms with Gasteiger partial charge in [-0.25, -0.2) is 8.78 Å². The van der Waals surface area contributed by atoms with E-state index in [9.17, 15) is 13.6 Å². The number of hydrogen-bond donors (Lipinski definition) is 1. The van der Waals surface area contributed by atoms with Gasteiger partial charge in [-0.3, -0.25) is 4.79 Å². The van der Waals surface area contributed by atoms with Gasteiger partial charge in [-0.2, -0.15) is 0 Å². The average molecular weight is 285 g/mol. The monoisotopic (exact) mass is 285 g/mol. The number of esters is 1. The van der Waals surface area contributed by atoms with Crippen molar-refractivity contribution in [1.82, 2.24) is 0 Å². The highest BCUT2D eigenvalue weighted by Crippen LogP contribution is 2.33. The van der Waals surface area contributed by atoms with E-state index in [-0.39, 0.29) is 18.0 Å². The molecule has 0 radical (unpaired) electrons. The summed E-state index contributed by atoms with van der Waals surface area (Å²) in [6, 6.07) is 1.66. The highest BCUT2D eigenvalue weighted by atomic mass is 19.1. The Morgan fingerprint density at radius 2 is 1.95 bits per heavy atom. The Morgan fingerprint density at radius 1 is 1.35 bits per heavy atom. The first-order valence-electron chi connectivity index (χ1n) is 6.44. The van der Waals surface area contributed by atoms with Crippen molar-refractivity contribution in [2.45, 2.75) is 39.7 Å². The van der Waals surface area contributed by atoms with Gasteiger partial charge in [0.2, 0.25) is 0 Å². The Morgan fingerprint density at radius 3 is 2.50 bits per heavy atom. The van der Waals surface area contributed by atoms with E-state index in [1.165, 1.54) is 13.2 Å². The van der Waals surface area contributed by atoms with Gasteiger partial charge in [0.15, 0.2) is 0 Å². The zero-order valence-electron chi connectivity index (χ0n) is 12.3. The van der Waals surface area contributed by atoms with Gasteiger partial charge in [0.1, 0.15) is 11.6 Å². The molecule has 1 unspecified atom stereocenters. The van der Waals surface area contributed by atoms with Crippen LogP contribution in [0.1, 0.15) is 43.9 Å². The van der Waals surface area contributed by atoms with Crippen LogP contribution in [0.3, 0.4) is 0 Å². The molecule has 0 saturated carbocycles. The molecule has 0 heterocycles. The van der Waals surface area contributed by atoms with Crippen molar-refractivity contribution in [1.29, 1.82) is 0 Å². The Balaban J connectivity index is 2.88. The summed E-state index contributed by atoms with van der Waals surface area (Å²) in [6.07, 6.45) is 0.586. The first-order chi connectivity index (χ1) is 9.16. The fourth-order valence-corrected chi connectivity index (χ4v) is 2.20. The van der Waals surface area contributed by atoms with Crippen LogP contribution in [-0.4, -0.2) is 13.1 Å². The molecular formula is C15H21F2NO2. The number of benzene rings is 1. The minimum absolute atomic E-state index is 0.193. The summed E-state index contributed by atoms with van der Waals surface area (Å²) in [4.78, 5) is 11.3. The van der Waals surface area contributed by atoms with Gasteiger partial charge in [-0.15, -0.1) is 0 Å². The highest BCUT2D eigenvalue weighted by Gasteiger charge is 2.27. The van der Waals surface area contributed by atoms with E-state index in [1.54, 1.807) is 6.92 Å². The summed E-state index contributed by atoms with van der Waals surface area (Å²) in [7, 11) is 1.32. The van der Waals surface area contributed by atoms with Gasteiger partial charge in [-0.1, -0.05) is 13.8 Å². The van der Waals surface area contributed by atoms with E-state index in [0.717, 1.165) is 6.07 Å². The van der Waals surface area contributed by atoms with Crippen LogP contribution in [0.25, 0.3) is 0 Å². The molecule has 0 spiro atoms. The number of aryl methyl sites for hydroxylation is 1. The number of rotatable bonds is 5. The lowest BCUT2D eigenvalue weighted by atomic mass is 9.81. The van der Waals surface area contributed by atoms with Crippen LogP contribution in [0.4, 0.5) is 8.78 Å². The predicted octanol–water partition coefficient (Wildman–Crippen LogP) is 3.25. The van der Waals surface area contributed by atoms with Crippen LogP contribution in [0.2, 0.25) is 0 Å². The zero-order chi connectivity index (χ0) is 15.5. The molecule has 0 aliphatic rings. The van der Waals surface area contributed by atoms with Gasteiger partial charge in [-0.05, 0) is 30.4 Å². The summed E-state index contributed by atoms with van der Waals surface area (Å²) in [5, 5.41) is 0. The van der Waals surface area contributed by atoms with Crippen molar-refractivity contribution in [3.63, 3.8) is 0 Å². The van der Waals surface area contributed by atoms with Gasteiger partial charge in [0, 0.05) is 17.7 Å². The standard InChI is InChI=1S/C15H21F2NO2/c1-9-5-10(12(17)6-11(9)16)13(18)7-15(2,3)8-14(19)20-4/h5-6,13H,7-8,18H2,1-4H3. The first-order valence-corrected chi connectivity index (χ1v) is 6.44. The molecule has 0 bridgehead atoms. The molecule has 1 rings (SSSR count). The Labute approximate surface area is 118 Å². The normalized spacial score (nSPS) is 13.2. The van der Waals surface area contributed by atoms with E-state index >= 15 is 0 Å². The maximum atomic E-state index is 13.8. The van der Waals surface area contributed by atoms with Crippen LogP contribution in [0.5, 0.6) is 0 Å². The van der Waals surface area contributed by atoms with Gasteiger partial charge >= 0.3 is 5.97 Å². The van der Waals surface area contributed by atoms with Gasteiger partial charge < -0.3 is 10.5 Å². The minimum atomic E-state index is -0.658. The molecule has 0 saturated heterocycles. The molecule has 0 amide bonds. The van der Waals surface area contributed by atoms with Crippen molar-refractivity contribution in [3.8, 4) is 0 Å². The van der Waals surface area contributed by atoms with Crippen LogP contribution in [-0.2, 0) is 9.53 Å². The van der Waals surface area contributed by atoms with Gasteiger partial charge in [0.25, 0.3) is 0 Å². The summed E-state index contributed by atoms with van der Waals surface area (Å²) >= 11 is 0. The maximum Gasteiger partial charge on any atom is 0.306 e. The fraction of sp³-hybridized carbons (Fsp3) is 0.533. The highest BCUT2D eigenvalue weighted by molar-refractivity contribution is 5.69. The van der Waals surface area contributed by atoms with Crippen LogP contribution < -0.4 is 5.73 Å². The second-order valence-electron chi connectivity index (χ2n) is 5.85. The molecule has 1 aromatic carbocycles. The number of carbonyl (C=O) groups is 1. The molecule has 5 heteroatoms. The summed E-state index contributed by atoms with van der Waals surface area (Å²) in [5.74, 6) is -1.58. The molecule has 0 aliphatic carbocycles. The molecule has 20 heavy (non-hydrogen) atoms. The van der Waals surface area contributed by atoms with Crippen molar-refractivity contribution in [3.05, 3.63) is 34.9 Å². The van der Waals surface area contributed by atoms with Crippen molar-refractivity contribution >= 4 is 5.97 Å². The van der Waals surface area contributed by atoms with E-state index < -0.39 is 23.1 Å². The first kappa shape index (κ1) is 16.6. The largest absolute Gasteiger partial charge is 0.469 e. The topological polar surface area (TPSA) is 52.3 Å². The summed E-state index contributed by atoms with van der Waals surface area (Å²) in [6.45, 7) is 5.28. The molecule has 1 aromatic rings. The smallest absolute Gasteiger partial charge is 0.306 e. The molecule has 3 nitrogen and oxygen atoms in total. The average Bonchev–Trinajstić information content (AvgIpc) is 2.32. The van der Waals surface area contributed by atoms with Gasteiger partial charge in [0.05, 0.1) is 13.5 Å². The second kappa shape index (κ2) is 6.31. The number of hydrogen-bond acceptors (Lipinski definition) is 3. The third-order valence-electron chi connectivity index (χ3n) is 3.30. The quantitative estimate of drug-likeness (QED) is 0.845. The Kier molecular flexibility index (Phi) is 5.22. The third-order valence-corrected chi connectivity index (χ3v) is 3.30. The molecule has 112 valence electrons. The Hall–Kier alpha value is -1.49. The van der Waals surface area contributed by atoms with E-state index in [1.807, 2.05) is 13.8 Å². The lowest BCUT2D eigenvalue weighted by molar-refractivity contribution is -0.143. The SMILES string of the molecule is COC(=O)CC(C)(C)CC(N)c1cc(C)c(F)cc1F. The molecule has 0 aromatic heterocycles. The molecule has 2 N–H and O–H groups in total. The predicted molar refractivity (Wildman–Crippen MR) is 73.1 cm³/mol. The minimum Gasteiger partial charge on any atom is -0.469 e. The van der Waals surface area contributed by atoms with Crippen molar-refractivity contribution < 1.29 is 18.3 Å². The second-order valence-corrected chi connectivity index (χ2v) is 5.85. The zero-order valence-corrected chi connectivity index (χ0v) is 12.3. The lowest BCUT2D eigenvalue weighted by Crippen LogP contribution is -2.25. The van der Waals surface area contributed by atoms with Crippen LogP contribution in [0.15, 0.2) is 12.1 Å². The molecule has 0 aliphatic heterocycles. The molecule has 0 fully saturated rings. The number of carbonyl (C=O) groups excluding carboxylic acids is 1. The lowest BCUT2D eigenvalue weighted by Gasteiger charge is -2.27. The van der Waals surface area contributed by atoms with E-state index in [4.69, 9.17) is 5.73 Å². The summed E-state index contributed by atoms with van der Waals surface area (Å²) < 4.78 is 31.6. The van der Waals surface area contributed by atoms with Crippen LogP contribution >= 0.6 is 0 Å². The molecular weight excluding hydrogens is 264 g/mol. The van der Waals surface area contributed by atoms with Crippen LogP contribution in [0, 0.1) is 24.0 Å². The molecule has 1 atom stereocenters. The van der Waals surface area contributed by atoms with Crippen molar-refractivity contribution in [2.24, 2.45) is 11.1 Å². The summed E-state index contributed by atoms with van der Waals surface area (Å²) in [5.41, 5.74) is 6.19. The third kappa shape index (κ3) is 4.27. The van der Waals surface area contributed by atoms with E-state index in [0.29, 0.717) is 12.0 Å². The fourth-order valence-electron chi connectivity index (χ4n) is 2.20. The number of nitrogens with two attached hydrogens (primary N) is 1. The van der Waals surface area contributed by atoms with E-state index in [2.05, 4.69) is 4.74 Å². The number of halogens is 2. The maximum absolute atomic E-state index is 13.8. The Bertz CT molecular complexity index is 501. The number of methoxy groups -OCH3 is 1. The van der Waals surface area contributed by atoms with Crippen molar-refractivity contribution in [2.75, 3.05) is 7.11 Å². The number of ether oxygens (including phenoxy) is 1.